The van der Waals surface area contributed by atoms with E-state index in [1.54, 1.807) is 24.3 Å². The molecule has 0 spiro atoms. The number of amides is 2. The van der Waals surface area contributed by atoms with Crippen LogP contribution in [0.15, 0.2) is 60.0 Å². The van der Waals surface area contributed by atoms with Gasteiger partial charge in [0.15, 0.2) is 5.13 Å². The number of aromatic nitrogens is 1. The van der Waals surface area contributed by atoms with Crippen molar-refractivity contribution in [2.45, 2.75) is 32.1 Å². The van der Waals surface area contributed by atoms with E-state index >= 15 is 0 Å². The Morgan fingerprint density at radius 1 is 1.12 bits per heavy atom. The average molecular weight is 472 g/mol. The molecule has 0 saturated carbocycles. The summed E-state index contributed by atoms with van der Waals surface area (Å²) in [5.74, 6) is 0.419. The molecule has 166 valence electrons. The van der Waals surface area contributed by atoms with Crippen LogP contribution in [0.3, 0.4) is 0 Å². The summed E-state index contributed by atoms with van der Waals surface area (Å²) in [4.78, 5) is 31.2. The monoisotopic (exact) mass is 471 g/mol. The van der Waals surface area contributed by atoms with Gasteiger partial charge in [0, 0.05) is 16.9 Å². The zero-order valence-corrected chi connectivity index (χ0v) is 18.8. The molecule has 1 N–H and O–H groups in total. The van der Waals surface area contributed by atoms with Crippen molar-refractivity contribution in [1.29, 1.82) is 0 Å². The van der Waals surface area contributed by atoms with Gasteiger partial charge >= 0.3 is 6.09 Å². The molecule has 0 radical (unpaired) electrons. The zero-order valence-electron chi connectivity index (χ0n) is 17.2. The van der Waals surface area contributed by atoms with Gasteiger partial charge in [-0.2, -0.15) is 0 Å². The van der Waals surface area contributed by atoms with Crippen LogP contribution in [0, 0.1) is 0 Å². The van der Waals surface area contributed by atoms with Gasteiger partial charge in [-0.25, -0.2) is 9.78 Å². The molecule has 2 aromatic carbocycles. The second kappa shape index (κ2) is 10.5. The molecule has 1 saturated heterocycles. The number of carbonyl (C=O) groups is 2. The Labute approximate surface area is 194 Å². The Hall–Kier alpha value is -3.10. The van der Waals surface area contributed by atoms with E-state index in [4.69, 9.17) is 21.1 Å². The fourth-order valence-electron chi connectivity index (χ4n) is 3.37. The lowest BCUT2D eigenvalue weighted by molar-refractivity contribution is -0.120. The number of benzene rings is 2. The first-order valence-electron chi connectivity index (χ1n) is 10.2. The Kier molecular flexibility index (Phi) is 7.24. The Morgan fingerprint density at radius 2 is 1.91 bits per heavy atom. The number of thiazole rings is 1. The summed E-state index contributed by atoms with van der Waals surface area (Å²) in [6.07, 6.45) is 0.850. The highest BCUT2D eigenvalue weighted by Crippen LogP contribution is 2.23. The maximum Gasteiger partial charge on any atom is 0.410 e. The van der Waals surface area contributed by atoms with Crippen molar-refractivity contribution in [3.8, 4) is 5.75 Å². The molecular formula is C23H22ClN3O4S. The first-order chi connectivity index (χ1) is 15.6. The number of ether oxygens (including phenoxy) is 2. The van der Waals surface area contributed by atoms with Gasteiger partial charge < -0.3 is 14.8 Å². The highest BCUT2D eigenvalue weighted by molar-refractivity contribution is 7.13. The molecule has 7 nitrogen and oxygen atoms in total. The molecule has 32 heavy (non-hydrogen) atoms. The predicted molar refractivity (Wildman–Crippen MR) is 123 cm³/mol. The number of halogens is 1. The number of carbonyl (C=O) groups excluding carboxylic acids is 2. The molecule has 4 rings (SSSR count). The molecule has 1 aromatic heterocycles. The molecule has 3 aromatic rings. The number of nitrogens with one attached hydrogen (secondary N) is 1. The second-order valence-corrected chi connectivity index (χ2v) is 8.56. The Bertz CT molecular complexity index is 1060. The molecule has 1 aliphatic rings. The zero-order chi connectivity index (χ0) is 22.3. The minimum atomic E-state index is -0.573. The molecule has 0 aliphatic carbocycles. The van der Waals surface area contributed by atoms with E-state index in [1.807, 2.05) is 35.7 Å². The van der Waals surface area contributed by atoms with Crippen molar-refractivity contribution in [2.75, 3.05) is 11.9 Å². The van der Waals surface area contributed by atoms with Gasteiger partial charge in [-0.05, 0) is 42.7 Å². The lowest BCUT2D eigenvalue weighted by Crippen LogP contribution is -2.43. The third kappa shape index (κ3) is 5.77. The van der Waals surface area contributed by atoms with Crippen molar-refractivity contribution in [2.24, 2.45) is 0 Å². The molecule has 1 aliphatic heterocycles. The average Bonchev–Trinajstić information content (AvgIpc) is 3.47. The third-order valence-electron chi connectivity index (χ3n) is 4.98. The second-order valence-electron chi connectivity index (χ2n) is 7.27. The van der Waals surface area contributed by atoms with Gasteiger partial charge in [0.25, 0.3) is 0 Å². The number of nitrogens with zero attached hydrogens (tertiary/aromatic N) is 2. The van der Waals surface area contributed by atoms with E-state index in [1.165, 1.54) is 16.2 Å². The normalized spacial score (nSPS) is 15.4. The predicted octanol–water partition coefficient (Wildman–Crippen LogP) is 5.12. The molecule has 1 unspecified atom stereocenters. The minimum Gasteiger partial charge on any atom is -0.487 e. The molecule has 0 bridgehead atoms. The van der Waals surface area contributed by atoms with Gasteiger partial charge in [0.05, 0.1) is 5.69 Å². The van der Waals surface area contributed by atoms with E-state index in [-0.39, 0.29) is 19.1 Å². The Morgan fingerprint density at radius 3 is 2.69 bits per heavy atom. The van der Waals surface area contributed by atoms with Crippen LogP contribution in [0.2, 0.25) is 5.02 Å². The quantitative estimate of drug-likeness (QED) is 0.517. The number of anilines is 1. The van der Waals surface area contributed by atoms with Crippen LogP contribution in [-0.4, -0.2) is 34.5 Å². The summed E-state index contributed by atoms with van der Waals surface area (Å²) in [7, 11) is 0. The van der Waals surface area contributed by atoms with E-state index in [0.29, 0.717) is 34.6 Å². The van der Waals surface area contributed by atoms with Crippen LogP contribution < -0.4 is 10.1 Å². The largest absolute Gasteiger partial charge is 0.487 e. The topological polar surface area (TPSA) is 80.8 Å². The summed E-state index contributed by atoms with van der Waals surface area (Å²) in [6, 6.07) is 15.9. The minimum absolute atomic E-state index is 0.175. The van der Waals surface area contributed by atoms with Gasteiger partial charge in [0.1, 0.15) is 25.0 Å². The van der Waals surface area contributed by atoms with Crippen LogP contribution >= 0.6 is 22.9 Å². The fourth-order valence-corrected chi connectivity index (χ4v) is 4.19. The van der Waals surface area contributed by atoms with E-state index in [0.717, 1.165) is 12.0 Å². The first-order valence-corrected chi connectivity index (χ1v) is 11.5. The number of rotatable bonds is 7. The molecule has 1 fully saturated rings. The van der Waals surface area contributed by atoms with Crippen molar-refractivity contribution in [3.05, 3.63) is 76.3 Å². The van der Waals surface area contributed by atoms with Crippen LogP contribution in [0.4, 0.5) is 9.93 Å². The maximum absolute atomic E-state index is 12.8. The van der Waals surface area contributed by atoms with Gasteiger partial charge in [-0.1, -0.05) is 41.9 Å². The van der Waals surface area contributed by atoms with E-state index in [9.17, 15) is 9.59 Å². The van der Waals surface area contributed by atoms with E-state index in [2.05, 4.69) is 10.3 Å². The van der Waals surface area contributed by atoms with Crippen LogP contribution in [0.25, 0.3) is 0 Å². The van der Waals surface area contributed by atoms with Gasteiger partial charge in [-0.15, -0.1) is 11.3 Å². The number of hydrogen-bond donors (Lipinski definition) is 1. The summed E-state index contributed by atoms with van der Waals surface area (Å²) in [5.41, 5.74) is 1.60. The molecule has 2 heterocycles. The highest BCUT2D eigenvalue weighted by Gasteiger charge is 2.35. The fraction of sp³-hybridized carbons (Fsp3) is 0.261. The molecule has 2 amide bonds. The van der Waals surface area contributed by atoms with E-state index < -0.39 is 12.1 Å². The first kappa shape index (κ1) is 22.1. The van der Waals surface area contributed by atoms with Crippen LogP contribution in [0.5, 0.6) is 5.75 Å². The Balaban J connectivity index is 1.29. The SMILES string of the molecule is O=C(Nc1nc(COc2ccc(Cl)cc2)cs1)C1CCCN1C(=O)OCc1ccccc1. The van der Waals surface area contributed by atoms with Crippen molar-refractivity contribution < 1.29 is 19.1 Å². The van der Waals surface area contributed by atoms with Crippen LogP contribution in [-0.2, 0) is 22.7 Å². The molecule has 1 atom stereocenters. The smallest absolute Gasteiger partial charge is 0.410 e. The summed E-state index contributed by atoms with van der Waals surface area (Å²) in [5, 5.41) is 5.75. The maximum atomic E-state index is 12.8. The molecule has 9 heteroatoms. The summed E-state index contributed by atoms with van der Waals surface area (Å²) in [6.45, 7) is 0.938. The van der Waals surface area contributed by atoms with Crippen molar-refractivity contribution in [3.63, 3.8) is 0 Å². The van der Waals surface area contributed by atoms with Crippen LogP contribution in [0.1, 0.15) is 24.1 Å². The summed E-state index contributed by atoms with van der Waals surface area (Å²) >= 11 is 7.18. The third-order valence-corrected chi connectivity index (χ3v) is 6.04. The van der Waals surface area contributed by atoms with Crippen molar-refractivity contribution in [1.82, 2.24) is 9.88 Å². The summed E-state index contributed by atoms with van der Waals surface area (Å²) < 4.78 is 11.1. The standard InChI is InChI=1S/C23H22ClN3O4S/c24-17-8-10-19(11-9-17)30-14-18-15-32-22(25-18)26-21(28)20-7-4-12-27(20)23(29)31-13-16-5-2-1-3-6-16/h1-3,5-6,8-11,15,20H,4,7,12-14H2,(H,25,26,28). The van der Waals surface area contributed by atoms with Gasteiger partial charge in [0.2, 0.25) is 5.91 Å². The molecular weight excluding hydrogens is 450 g/mol. The number of likely N-dealkylation sites (tertiary alicyclic amines) is 1. The van der Waals surface area contributed by atoms with Crippen molar-refractivity contribution >= 4 is 40.1 Å². The number of hydrogen-bond acceptors (Lipinski definition) is 6. The van der Waals surface area contributed by atoms with Gasteiger partial charge in [-0.3, -0.25) is 9.69 Å². The highest BCUT2D eigenvalue weighted by atomic mass is 35.5. The lowest BCUT2D eigenvalue weighted by atomic mass is 10.2. The lowest BCUT2D eigenvalue weighted by Gasteiger charge is -2.22.